The third-order valence-corrected chi connectivity index (χ3v) is 2.85. The van der Waals surface area contributed by atoms with Gasteiger partial charge in [0.25, 0.3) is 0 Å². The van der Waals surface area contributed by atoms with Crippen molar-refractivity contribution in [2.45, 2.75) is 12.8 Å². The van der Waals surface area contributed by atoms with Gasteiger partial charge >= 0.3 is 0 Å². The Hall–Kier alpha value is -0.610. The van der Waals surface area contributed by atoms with Gasteiger partial charge in [0.15, 0.2) is 0 Å². The second-order valence-electron chi connectivity index (χ2n) is 4.70. The zero-order valence-corrected chi connectivity index (χ0v) is 10.1. The summed E-state index contributed by atoms with van der Waals surface area (Å²) in [5.74, 6) is 0.425. The van der Waals surface area contributed by atoms with Gasteiger partial charge in [-0.3, -0.25) is 4.79 Å². The number of rotatable bonds is 4. The van der Waals surface area contributed by atoms with E-state index >= 15 is 0 Å². The average molecular weight is 213 g/mol. The van der Waals surface area contributed by atoms with Crippen LogP contribution in [0.1, 0.15) is 12.8 Å². The summed E-state index contributed by atoms with van der Waals surface area (Å²) in [5, 5.41) is 3.00. The lowest BCUT2D eigenvalue weighted by molar-refractivity contribution is -0.126. The van der Waals surface area contributed by atoms with Crippen LogP contribution >= 0.6 is 0 Å². The molecular formula is C11H23N3O. The molecule has 4 nitrogen and oxygen atoms in total. The molecule has 1 rings (SSSR count). The van der Waals surface area contributed by atoms with Crippen LogP contribution in [0.4, 0.5) is 0 Å². The summed E-state index contributed by atoms with van der Waals surface area (Å²) in [6.45, 7) is 3.70. The van der Waals surface area contributed by atoms with E-state index in [0.717, 1.165) is 39.0 Å². The first-order chi connectivity index (χ1) is 7.09. The smallest absolute Gasteiger partial charge is 0.224 e. The maximum atomic E-state index is 11.8. The van der Waals surface area contributed by atoms with Crippen molar-refractivity contribution in [3.63, 3.8) is 0 Å². The van der Waals surface area contributed by atoms with E-state index in [2.05, 4.69) is 22.2 Å². The third-order valence-electron chi connectivity index (χ3n) is 2.85. The number of amides is 1. The molecule has 0 bridgehead atoms. The first-order valence-electron chi connectivity index (χ1n) is 5.70. The van der Waals surface area contributed by atoms with Gasteiger partial charge in [0, 0.05) is 19.6 Å². The van der Waals surface area contributed by atoms with E-state index in [1.165, 1.54) is 0 Å². The Morgan fingerprint density at radius 1 is 1.53 bits per heavy atom. The highest BCUT2D eigenvalue weighted by Gasteiger charge is 2.23. The molecule has 1 aliphatic rings. The molecule has 0 aromatic rings. The number of hydrogen-bond donors (Lipinski definition) is 1. The molecular weight excluding hydrogens is 190 g/mol. The molecule has 1 amide bonds. The van der Waals surface area contributed by atoms with Crippen molar-refractivity contribution in [2.75, 3.05) is 47.3 Å². The Kier molecular flexibility index (Phi) is 5.05. The van der Waals surface area contributed by atoms with E-state index < -0.39 is 0 Å². The van der Waals surface area contributed by atoms with Gasteiger partial charge in [-0.25, -0.2) is 0 Å². The number of piperidine rings is 1. The molecule has 1 saturated heterocycles. The summed E-state index contributed by atoms with van der Waals surface area (Å²) in [5.41, 5.74) is 0. The summed E-state index contributed by atoms with van der Waals surface area (Å²) in [7, 11) is 6.11. The molecule has 1 N–H and O–H groups in total. The highest BCUT2D eigenvalue weighted by molar-refractivity contribution is 5.78. The van der Waals surface area contributed by atoms with Crippen LogP contribution < -0.4 is 5.32 Å². The van der Waals surface area contributed by atoms with Crippen molar-refractivity contribution in [1.29, 1.82) is 0 Å². The molecule has 0 aliphatic carbocycles. The van der Waals surface area contributed by atoms with Crippen LogP contribution in [0.3, 0.4) is 0 Å². The number of hydrogen-bond acceptors (Lipinski definition) is 3. The van der Waals surface area contributed by atoms with Crippen LogP contribution in [0.25, 0.3) is 0 Å². The maximum Gasteiger partial charge on any atom is 0.224 e. The summed E-state index contributed by atoms with van der Waals surface area (Å²) >= 11 is 0. The Balaban J connectivity index is 2.21. The number of carbonyl (C=O) groups excluding carboxylic acids is 1. The monoisotopic (exact) mass is 213 g/mol. The first-order valence-corrected chi connectivity index (χ1v) is 5.70. The lowest BCUT2D eigenvalue weighted by atomic mass is 9.98. The Bertz CT molecular complexity index is 206. The Morgan fingerprint density at radius 3 is 2.87 bits per heavy atom. The quantitative estimate of drug-likeness (QED) is 0.714. The van der Waals surface area contributed by atoms with Gasteiger partial charge in [-0.1, -0.05) is 0 Å². The SMILES string of the molecule is CN(C)CCNC(=O)[C@H]1CCCN(C)C1. The van der Waals surface area contributed by atoms with Crippen molar-refractivity contribution < 1.29 is 4.79 Å². The van der Waals surface area contributed by atoms with E-state index in [1.54, 1.807) is 0 Å². The van der Waals surface area contributed by atoms with Crippen LogP contribution in [-0.4, -0.2) is 63.0 Å². The van der Waals surface area contributed by atoms with Crippen LogP contribution in [-0.2, 0) is 4.79 Å². The van der Waals surface area contributed by atoms with E-state index in [1.807, 2.05) is 14.1 Å². The predicted molar refractivity (Wildman–Crippen MR) is 61.8 cm³/mol. The second-order valence-corrected chi connectivity index (χ2v) is 4.70. The molecule has 0 radical (unpaired) electrons. The second kappa shape index (κ2) is 6.08. The summed E-state index contributed by atoms with van der Waals surface area (Å²) in [6.07, 6.45) is 2.18. The van der Waals surface area contributed by atoms with E-state index in [0.29, 0.717) is 0 Å². The molecule has 0 spiro atoms. The zero-order valence-electron chi connectivity index (χ0n) is 10.1. The van der Waals surface area contributed by atoms with Gasteiger partial charge in [0.05, 0.1) is 5.92 Å². The Labute approximate surface area is 92.6 Å². The van der Waals surface area contributed by atoms with E-state index in [4.69, 9.17) is 0 Å². The standard InChI is InChI=1S/C11H23N3O/c1-13(2)8-6-12-11(15)10-5-4-7-14(3)9-10/h10H,4-9H2,1-3H3,(H,12,15)/t10-/m0/s1. The number of likely N-dealkylation sites (tertiary alicyclic amines) is 1. The van der Waals surface area contributed by atoms with Gasteiger partial charge in [-0.15, -0.1) is 0 Å². The fourth-order valence-corrected chi connectivity index (χ4v) is 1.93. The highest BCUT2D eigenvalue weighted by Crippen LogP contribution is 2.14. The molecule has 0 aromatic heterocycles. The van der Waals surface area contributed by atoms with E-state index in [-0.39, 0.29) is 11.8 Å². The Morgan fingerprint density at radius 2 is 2.27 bits per heavy atom. The predicted octanol–water partition coefficient (Wildman–Crippen LogP) is 0.00600. The lowest BCUT2D eigenvalue weighted by Crippen LogP contribution is -2.42. The van der Waals surface area contributed by atoms with Gasteiger partial charge in [-0.2, -0.15) is 0 Å². The summed E-state index contributed by atoms with van der Waals surface area (Å²) in [4.78, 5) is 16.1. The summed E-state index contributed by atoms with van der Waals surface area (Å²) < 4.78 is 0. The van der Waals surface area contributed by atoms with Crippen LogP contribution in [0, 0.1) is 5.92 Å². The van der Waals surface area contributed by atoms with Crippen LogP contribution in [0.2, 0.25) is 0 Å². The average Bonchev–Trinajstić information content (AvgIpc) is 2.17. The third kappa shape index (κ3) is 4.62. The van der Waals surface area contributed by atoms with Crippen molar-refractivity contribution in [2.24, 2.45) is 5.92 Å². The van der Waals surface area contributed by atoms with E-state index in [9.17, 15) is 4.79 Å². The molecule has 1 atom stereocenters. The normalized spacial score (nSPS) is 23.1. The van der Waals surface area contributed by atoms with Crippen molar-refractivity contribution in [3.8, 4) is 0 Å². The maximum absolute atomic E-state index is 11.8. The minimum Gasteiger partial charge on any atom is -0.355 e. The molecule has 4 heteroatoms. The number of nitrogens with one attached hydrogen (secondary N) is 1. The first kappa shape index (κ1) is 12.5. The zero-order chi connectivity index (χ0) is 11.3. The molecule has 1 heterocycles. The van der Waals surface area contributed by atoms with Crippen molar-refractivity contribution in [3.05, 3.63) is 0 Å². The topological polar surface area (TPSA) is 35.6 Å². The molecule has 88 valence electrons. The fraction of sp³-hybridized carbons (Fsp3) is 0.909. The van der Waals surface area contributed by atoms with Crippen LogP contribution in [0.5, 0.6) is 0 Å². The number of carbonyl (C=O) groups is 1. The fourth-order valence-electron chi connectivity index (χ4n) is 1.93. The lowest BCUT2D eigenvalue weighted by Gasteiger charge is -2.28. The highest BCUT2D eigenvalue weighted by atomic mass is 16.1. The van der Waals surface area contributed by atoms with Gasteiger partial charge in [0.2, 0.25) is 5.91 Å². The van der Waals surface area contributed by atoms with Crippen molar-refractivity contribution >= 4 is 5.91 Å². The van der Waals surface area contributed by atoms with Crippen molar-refractivity contribution in [1.82, 2.24) is 15.1 Å². The molecule has 15 heavy (non-hydrogen) atoms. The van der Waals surface area contributed by atoms with Crippen LogP contribution in [0.15, 0.2) is 0 Å². The summed E-state index contributed by atoms with van der Waals surface area (Å²) in [6, 6.07) is 0. The molecule has 0 saturated carbocycles. The molecule has 0 aromatic carbocycles. The minimum atomic E-state index is 0.200. The largest absolute Gasteiger partial charge is 0.355 e. The van der Waals surface area contributed by atoms with Gasteiger partial charge < -0.3 is 15.1 Å². The molecule has 1 aliphatic heterocycles. The number of nitrogens with zero attached hydrogens (tertiary/aromatic N) is 2. The molecule has 1 fully saturated rings. The number of likely N-dealkylation sites (N-methyl/N-ethyl adjacent to an activating group) is 1. The van der Waals surface area contributed by atoms with Gasteiger partial charge in [-0.05, 0) is 40.5 Å². The molecule has 0 unspecified atom stereocenters. The minimum absolute atomic E-state index is 0.200. The van der Waals surface area contributed by atoms with Gasteiger partial charge in [0.1, 0.15) is 0 Å².